The van der Waals surface area contributed by atoms with Crippen LogP contribution in [0.25, 0.3) is 22.2 Å². The number of ether oxygens (including phenoxy) is 1. The topological polar surface area (TPSA) is 75.3 Å². The van der Waals surface area contributed by atoms with Gasteiger partial charge >= 0.3 is 0 Å². The third-order valence-electron chi connectivity index (χ3n) is 6.14. The molecule has 5 aromatic rings. The number of nitrogens with one attached hydrogen (secondary N) is 1. The van der Waals surface area contributed by atoms with Crippen molar-refractivity contribution < 1.29 is 14.3 Å². The number of ketones is 1. The molecule has 0 spiro atoms. The summed E-state index contributed by atoms with van der Waals surface area (Å²) in [5, 5.41) is 3.88. The standard InChI is InChI=1S/C28H21N3O3S/c32-25(21-14-29-22-9-5-4-8-20(21)22)15-31-24-13-19(10-11-26(24)34-16-28(31)33)23-17-35-27(30-23)12-18-6-2-1-3-7-18/h1-11,13-14,17,29H,12,15-16H2. The number of hydrogen-bond donors (Lipinski definition) is 1. The molecule has 6 rings (SSSR count). The maximum Gasteiger partial charge on any atom is 0.265 e. The smallest absolute Gasteiger partial charge is 0.265 e. The summed E-state index contributed by atoms with van der Waals surface area (Å²) in [4.78, 5) is 35.5. The number of aromatic amines is 1. The lowest BCUT2D eigenvalue weighted by atomic mass is 10.1. The molecule has 0 aliphatic carbocycles. The van der Waals surface area contributed by atoms with Gasteiger partial charge in [-0.1, -0.05) is 48.5 Å². The van der Waals surface area contributed by atoms with E-state index in [2.05, 4.69) is 17.1 Å². The molecule has 3 aromatic carbocycles. The highest BCUT2D eigenvalue weighted by atomic mass is 32.1. The Hall–Kier alpha value is -4.23. The van der Waals surface area contributed by atoms with E-state index in [0.29, 0.717) is 17.0 Å². The van der Waals surface area contributed by atoms with E-state index in [1.807, 2.05) is 66.0 Å². The lowest BCUT2D eigenvalue weighted by Crippen LogP contribution is -2.42. The normalized spacial score (nSPS) is 13.0. The molecule has 0 atom stereocenters. The van der Waals surface area contributed by atoms with Crippen molar-refractivity contribution in [3.05, 3.63) is 101 Å². The van der Waals surface area contributed by atoms with Gasteiger partial charge in [0.1, 0.15) is 5.75 Å². The molecule has 0 fully saturated rings. The fourth-order valence-corrected chi connectivity index (χ4v) is 5.20. The van der Waals surface area contributed by atoms with Crippen molar-refractivity contribution in [2.45, 2.75) is 6.42 Å². The number of hydrogen-bond acceptors (Lipinski definition) is 5. The number of thiazole rings is 1. The molecule has 1 aliphatic rings. The Kier molecular flexibility index (Phi) is 5.39. The molecule has 1 aliphatic heterocycles. The molecule has 172 valence electrons. The van der Waals surface area contributed by atoms with E-state index in [0.717, 1.165) is 33.6 Å². The third-order valence-corrected chi connectivity index (χ3v) is 6.99. The van der Waals surface area contributed by atoms with Gasteiger partial charge < -0.3 is 9.72 Å². The van der Waals surface area contributed by atoms with Crippen molar-refractivity contribution in [2.24, 2.45) is 0 Å². The molecule has 0 saturated carbocycles. The summed E-state index contributed by atoms with van der Waals surface area (Å²) in [5.41, 5.74) is 4.97. The van der Waals surface area contributed by atoms with Crippen LogP contribution in [0.5, 0.6) is 5.75 Å². The second-order valence-electron chi connectivity index (χ2n) is 8.41. The number of Topliss-reactive ketones (excluding diaryl/α,β-unsaturated/α-hetero) is 1. The van der Waals surface area contributed by atoms with Gasteiger partial charge in [-0.25, -0.2) is 4.98 Å². The van der Waals surface area contributed by atoms with E-state index in [9.17, 15) is 9.59 Å². The zero-order valence-electron chi connectivity index (χ0n) is 18.7. The van der Waals surface area contributed by atoms with Crippen LogP contribution in [0.15, 0.2) is 84.4 Å². The monoisotopic (exact) mass is 479 g/mol. The molecule has 35 heavy (non-hydrogen) atoms. The number of fused-ring (bicyclic) bond motifs is 2. The van der Waals surface area contributed by atoms with Gasteiger partial charge in [-0.3, -0.25) is 14.5 Å². The fraction of sp³-hybridized carbons (Fsp3) is 0.107. The molecule has 6 nitrogen and oxygen atoms in total. The minimum absolute atomic E-state index is 0.0587. The summed E-state index contributed by atoms with van der Waals surface area (Å²) in [6, 6.07) is 23.5. The quantitative estimate of drug-likeness (QED) is 0.327. The van der Waals surface area contributed by atoms with Crippen LogP contribution in [0.4, 0.5) is 5.69 Å². The van der Waals surface area contributed by atoms with E-state index in [4.69, 9.17) is 9.72 Å². The summed E-state index contributed by atoms with van der Waals surface area (Å²) < 4.78 is 5.66. The van der Waals surface area contributed by atoms with Crippen molar-refractivity contribution in [3.63, 3.8) is 0 Å². The Morgan fingerprint density at radius 1 is 1.06 bits per heavy atom. The van der Waals surface area contributed by atoms with Crippen molar-refractivity contribution in [1.82, 2.24) is 9.97 Å². The number of anilines is 1. The average molecular weight is 480 g/mol. The Bertz CT molecular complexity index is 1550. The van der Waals surface area contributed by atoms with E-state index in [-0.39, 0.29) is 24.8 Å². The van der Waals surface area contributed by atoms with Crippen molar-refractivity contribution >= 4 is 39.6 Å². The number of amides is 1. The highest BCUT2D eigenvalue weighted by molar-refractivity contribution is 7.10. The molecule has 0 unspecified atom stereocenters. The number of nitrogens with zero attached hydrogens (tertiary/aromatic N) is 2. The van der Waals surface area contributed by atoms with Gasteiger partial charge in [0.25, 0.3) is 5.91 Å². The lowest BCUT2D eigenvalue weighted by Gasteiger charge is -2.29. The first-order valence-electron chi connectivity index (χ1n) is 11.3. The summed E-state index contributed by atoms with van der Waals surface area (Å²) in [7, 11) is 0. The number of aromatic nitrogens is 2. The SMILES string of the molecule is O=C(CN1C(=O)COc2ccc(-c3csc(Cc4ccccc4)n3)cc21)c1c[nH]c2ccccc12. The Morgan fingerprint density at radius 2 is 1.89 bits per heavy atom. The highest BCUT2D eigenvalue weighted by Crippen LogP contribution is 2.37. The summed E-state index contributed by atoms with van der Waals surface area (Å²) in [6.45, 7) is -0.151. The van der Waals surface area contributed by atoms with Crippen LogP contribution in [0.3, 0.4) is 0 Å². The third kappa shape index (κ3) is 4.11. The van der Waals surface area contributed by atoms with Crippen LogP contribution >= 0.6 is 11.3 Å². The number of benzene rings is 3. The molecule has 1 N–H and O–H groups in total. The van der Waals surface area contributed by atoms with Gasteiger partial charge in [-0.2, -0.15) is 0 Å². The lowest BCUT2D eigenvalue weighted by molar-refractivity contribution is -0.121. The number of carbonyl (C=O) groups is 2. The van der Waals surface area contributed by atoms with E-state index in [1.165, 1.54) is 10.5 Å². The van der Waals surface area contributed by atoms with Crippen LogP contribution in [0.2, 0.25) is 0 Å². The van der Waals surface area contributed by atoms with Crippen LogP contribution in [0.1, 0.15) is 20.9 Å². The summed E-state index contributed by atoms with van der Waals surface area (Å²) in [5.74, 6) is 0.207. The molecule has 0 bridgehead atoms. The molecule has 3 heterocycles. The first kappa shape index (κ1) is 21.3. The average Bonchev–Trinajstić information content (AvgIpc) is 3.53. The van der Waals surface area contributed by atoms with Crippen molar-refractivity contribution in [2.75, 3.05) is 18.1 Å². The number of para-hydroxylation sites is 1. The Balaban J connectivity index is 1.29. The van der Waals surface area contributed by atoms with Gasteiger partial charge in [0, 0.05) is 40.0 Å². The van der Waals surface area contributed by atoms with Gasteiger partial charge in [0.05, 0.1) is 22.9 Å². The zero-order valence-corrected chi connectivity index (χ0v) is 19.5. The van der Waals surface area contributed by atoms with Gasteiger partial charge in [-0.15, -0.1) is 11.3 Å². The molecule has 0 radical (unpaired) electrons. The number of rotatable bonds is 6. The fourth-order valence-electron chi connectivity index (χ4n) is 4.36. The van der Waals surface area contributed by atoms with Gasteiger partial charge in [0.15, 0.2) is 12.4 Å². The maximum atomic E-state index is 13.2. The van der Waals surface area contributed by atoms with Crippen LogP contribution in [0, 0.1) is 0 Å². The number of carbonyl (C=O) groups excluding carboxylic acids is 2. The minimum Gasteiger partial charge on any atom is -0.482 e. The van der Waals surface area contributed by atoms with E-state index >= 15 is 0 Å². The summed E-state index contributed by atoms with van der Waals surface area (Å²) >= 11 is 1.61. The Labute approximate surface area is 205 Å². The Morgan fingerprint density at radius 3 is 2.77 bits per heavy atom. The zero-order chi connectivity index (χ0) is 23.8. The van der Waals surface area contributed by atoms with E-state index in [1.54, 1.807) is 17.5 Å². The second-order valence-corrected chi connectivity index (χ2v) is 9.35. The second kappa shape index (κ2) is 8.85. The molecular weight excluding hydrogens is 458 g/mol. The predicted octanol–water partition coefficient (Wildman–Crippen LogP) is 5.49. The van der Waals surface area contributed by atoms with Gasteiger partial charge in [-0.05, 0) is 29.8 Å². The largest absolute Gasteiger partial charge is 0.482 e. The van der Waals surface area contributed by atoms with Crippen molar-refractivity contribution in [1.29, 1.82) is 0 Å². The van der Waals surface area contributed by atoms with Crippen LogP contribution in [-0.4, -0.2) is 34.8 Å². The predicted molar refractivity (Wildman–Crippen MR) is 137 cm³/mol. The van der Waals surface area contributed by atoms with Crippen LogP contribution in [-0.2, 0) is 11.2 Å². The minimum atomic E-state index is -0.245. The molecule has 2 aromatic heterocycles. The first-order valence-corrected chi connectivity index (χ1v) is 12.2. The van der Waals surface area contributed by atoms with E-state index < -0.39 is 0 Å². The molecule has 0 saturated heterocycles. The van der Waals surface area contributed by atoms with Gasteiger partial charge in [0.2, 0.25) is 0 Å². The molecular formula is C28H21N3O3S. The molecule has 1 amide bonds. The highest BCUT2D eigenvalue weighted by Gasteiger charge is 2.29. The first-order chi connectivity index (χ1) is 17.2. The number of H-pyrrole nitrogens is 1. The maximum absolute atomic E-state index is 13.2. The summed E-state index contributed by atoms with van der Waals surface area (Å²) in [6.07, 6.45) is 2.47. The van der Waals surface area contributed by atoms with Crippen LogP contribution < -0.4 is 9.64 Å². The van der Waals surface area contributed by atoms with Crippen molar-refractivity contribution in [3.8, 4) is 17.0 Å². The molecule has 7 heteroatoms.